The van der Waals surface area contributed by atoms with Crippen LogP contribution in [0.1, 0.15) is 35.8 Å². The van der Waals surface area contributed by atoms with E-state index >= 15 is 0 Å². The molecule has 0 radical (unpaired) electrons. The van der Waals surface area contributed by atoms with Crippen LogP contribution in [0.2, 0.25) is 0 Å². The Hall–Kier alpha value is -2.35. The third-order valence-corrected chi connectivity index (χ3v) is 6.35. The molecular formula is C22H20IN3O2. The maximum absolute atomic E-state index is 13.5. The number of benzene rings is 2. The van der Waals surface area contributed by atoms with Gasteiger partial charge in [0.15, 0.2) is 0 Å². The number of fused-ring (bicyclic) bond motifs is 2. The van der Waals surface area contributed by atoms with E-state index in [4.69, 9.17) is 4.74 Å². The van der Waals surface area contributed by atoms with E-state index in [1.165, 1.54) is 0 Å². The Bertz CT molecular complexity index is 1040. The Labute approximate surface area is 177 Å². The Balaban J connectivity index is 1.57. The van der Waals surface area contributed by atoms with Gasteiger partial charge in [0.25, 0.3) is 5.91 Å². The topological polar surface area (TPSA) is 47.4 Å². The largest absolute Gasteiger partial charge is 0.494 e. The van der Waals surface area contributed by atoms with E-state index in [-0.39, 0.29) is 11.3 Å². The molecule has 5 nitrogen and oxygen atoms in total. The molecule has 0 atom stereocenters. The van der Waals surface area contributed by atoms with Crippen molar-refractivity contribution in [2.24, 2.45) is 0 Å². The first kappa shape index (κ1) is 17.7. The maximum atomic E-state index is 13.5. The molecule has 0 bridgehead atoms. The van der Waals surface area contributed by atoms with Crippen LogP contribution in [0.5, 0.6) is 5.75 Å². The summed E-state index contributed by atoms with van der Waals surface area (Å²) in [7, 11) is 0. The molecule has 0 saturated heterocycles. The molecule has 1 aromatic heterocycles. The van der Waals surface area contributed by atoms with Gasteiger partial charge in [0.05, 0.1) is 18.5 Å². The second kappa shape index (κ2) is 6.62. The Morgan fingerprint density at radius 2 is 1.75 bits per heavy atom. The summed E-state index contributed by atoms with van der Waals surface area (Å²) in [6, 6.07) is 15.9. The van der Waals surface area contributed by atoms with E-state index in [9.17, 15) is 4.79 Å². The zero-order valence-corrected chi connectivity index (χ0v) is 17.7. The Morgan fingerprint density at radius 1 is 1.07 bits per heavy atom. The predicted molar refractivity (Wildman–Crippen MR) is 116 cm³/mol. The fourth-order valence-electron chi connectivity index (χ4n) is 3.98. The van der Waals surface area contributed by atoms with Crippen molar-refractivity contribution in [1.29, 1.82) is 0 Å². The molecule has 1 fully saturated rings. The van der Waals surface area contributed by atoms with Crippen LogP contribution in [0.4, 0.5) is 5.69 Å². The highest BCUT2D eigenvalue weighted by Crippen LogP contribution is 2.53. The highest BCUT2D eigenvalue weighted by molar-refractivity contribution is 14.1. The highest BCUT2D eigenvalue weighted by Gasteiger charge is 2.53. The zero-order valence-electron chi connectivity index (χ0n) is 15.6. The molecule has 28 heavy (non-hydrogen) atoms. The molecule has 2 aromatic carbocycles. The van der Waals surface area contributed by atoms with Crippen molar-refractivity contribution >= 4 is 34.2 Å². The number of anilines is 1. The summed E-state index contributed by atoms with van der Waals surface area (Å²) in [6.07, 6.45) is 4.09. The minimum Gasteiger partial charge on any atom is -0.494 e. The van der Waals surface area contributed by atoms with E-state index in [1.807, 2.05) is 66.6 Å². The van der Waals surface area contributed by atoms with Crippen molar-refractivity contribution in [3.8, 4) is 11.4 Å². The van der Waals surface area contributed by atoms with Crippen LogP contribution >= 0.6 is 22.6 Å². The first-order valence-corrected chi connectivity index (χ1v) is 10.6. The van der Waals surface area contributed by atoms with Crippen molar-refractivity contribution in [3.05, 3.63) is 69.6 Å². The molecule has 2 heterocycles. The van der Waals surface area contributed by atoms with Gasteiger partial charge in [0.2, 0.25) is 0 Å². The number of halogens is 1. The monoisotopic (exact) mass is 485 g/mol. The van der Waals surface area contributed by atoms with E-state index < -0.39 is 0 Å². The lowest BCUT2D eigenvalue weighted by atomic mass is 9.91. The van der Waals surface area contributed by atoms with Crippen LogP contribution in [0.15, 0.2) is 54.7 Å². The van der Waals surface area contributed by atoms with Crippen LogP contribution < -0.4 is 9.64 Å². The third kappa shape index (κ3) is 2.82. The van der Waals surface area contributed by atoms with Crippen LogP contribution in [0, 0.1) is 3.57 Å². The minimum absolute atomic E-state index is 0.0140. The quantitative estimate of drug-likeness (QED) is 0.509. The molecule has 2 aliphatic rings. The Kier molecular flexibility index (Phi) is 4.19. The van der Waals surface area contributed by atoms with E-state index in [0.717, 1.165) is 45.6 Å². The predicted octanol–water partition coefficient (Wildman–Crippen LogP) is 4.57. The van der Waals surface area contributed by atoms with E-state index in [2.05, 4.69) is 27.7 Å². The number of hydrogen-bond donors (Lipinski definition) is 0. The smallest absolute Gasteiger partial charge is 0.277 e. The van der Waals surface area contributed by atoms with Gasteiger partial charge in [-0.3, -0.25) is 4.79 Å². The van der Waals surface area contributed by atoms with Gasteiger partial charge in [-0.05, 0) is 90.9 Å². The van der Waals surface area contributed by atoms with Gasteiger partial charge < -0.3 is 9.64 Å². The molecule has 1 amide bonds. The summed E-state index contributed by atoms with van der Waals surface area (Å²) in [6.45, 7) is 3.32. The first-order chi connectivity index (χ1) is 13.6. The molecule has 1 saturated carbocycles. The van der Waals surface area contributed by atoms with Crippen molar-refractivity contribution < 1.29 is 9.53 Å². The number of carbonyl (C=O) groups is 1. The summed E-state index contributed by atoms with van der Waals surface area (Å²) in [5, 5.41) is 4.60. The number of ether oxygens (including phenoxy) is 1. The SMILES string of the molecule is CCOc1ccc(-n2ncc3c2C(=O)N(c2ccc(I)cc2)CC32CC2)cc1. The lowest BCUT2D eigenvalue weighted by Gasteiger charge is -2.33. The molecule has 1 aliphatic carbocycles. The van der Waals surface area contributed by atoms with Gasteiger partial charge in [-0.1, -0.05) is 0 Å². The molecular weight excluding hydrogens is 465 g/mol. The van der Waals surface area contributed by atoms with Crippen molar-refractivity contribution in [1.82, 2.24) is 9.78 Å². The highest BCUT2D eigenvalue weighted by atomic mass is 127. The van der Waals surface area contributed by atoms with Crippen LogP contribution in [0.25, 0.3) is 5.69 Å². The van der Waals surface area contributed by atoms with Gasteiger partial charge in [-0.15, -0.1) is 0 Å². The summed E-state index contributed by atoms with van der Waals surface area (Å²) in [4.78, 5) is 15.4. The number of aromatic nitrogens is 2. The minimum atomic E-state index is 0.0140. The summed E-state index contributed by atoms with van der Waals surface area (Å²) in [5.41, 5.74) is 3.65. The van der Waals surface area contributed by atoms with Crippen molar-refractivity contribution in [2.75, 3.05) is 18.1 Å². The summed E-state index contributed by atoms with van der Waals surface area (Å²) in [5.74, 6) is 0.831. The molecule has 0 N–H and O–H groups in total. The van der Waals surface area contributed by atoms with Gasteiger partial charge in [-0.2, -0.15) is 5.10 Å². The Morgan fingerprint density at radius 3 is 2.39 bits per heavy atom. The normalized spacial score (nSPS) is 16.9. The number of amides is 1. The van der Waals surface area contributed by atoms with Crippen LogP contribution in [-0.4, -0.2) is 28.8 Å². The molecule has 3 aromatic rings. The van der Waals surface area contributed by atoms with Gasteiger partial charge >= 0.3 is 0 Å². The standard InChI is InChI=1S/C22H20IN3O2/c1-2-28-18-9-7-17(8-10-18)26-20-19(13-24-26)22(11-12-22)14-25(21(20)27)16-5-3-15(23)4-6-16/h3-10,13H,2,11-12,14H2,1H3. The molecule has 1 spiro atoms. The fourth-order valence-corrected chi connectivity index (χ4v) is 4.34. The summed E-state index contributed by atoms with van der Waals surface area (Å²) >= 11 is 2.28. The molecule has 6 heteroatoms. The number of nitrogens with zero attached hydrogens (tertiary/aromatic N) is 3. The molecule has 142 valence electrons. The third-order valence-electron chi connectivity index (χ3n) is 5.63. The lowest BCUT2D eigenvalue weighted by Crippen LogP contribution is -2.44. The number of hydrogen-bond acceptors (Lipinski definition) is 3. The van der Waals surface area contributed by atoms with Crippen molar-refractivity contribution in [2.45, 2.75) is 25.2 Å². The molecule has 0 unspecified atom stereocenters. The van der Waals surface area contributed by atoms with E-state index in [0.29, 0.717) is 12.3 Å². The average Bonchev–Trinajstić information content (AvgIpc) is 3.33. The van der Waals surface area contributed by atoms with E-state index in [1.54, 1.807) is 4.68 Å². The van der Waals surface area contributed by atoms with Gasteiger partial charge in [-0.25, -0.2) is 4.68 Å². The fraction of sp³-hybridized carbons (Fsp3) is 0.273. The second-order valence-electron chi connectivity index (χ2n) is 7.39. The average molecular weight is 485 g/mol. The maximum Gasteiger partial charge on any atom is 0.277 e. The second-order valence-corrected chi connectivity index (χ2v) is 8.64. The number of carbonyl (C=O) groups excluding carboxylic acids is 1. The summed E-state index contributed by atoms with van der Waals surface area (Å²) < 4.78 is 8.48. The lowest BCUT2D eigenvalue weighted by molar-refractivity contribution is 0.0967. The van der Waals surface area contributed by atoms with Crippen LogP contribution in [0.3, 0.4) is 0 Å². The molecule has 1 aliphatic heterocycles. The van der Waals surface area contributed by atoms with Crippen LogP contribution in [-0.2, 0) is 5.41 Å². The molecule has 5 rings (SSSR count). The van der Waals surface area contributed by atoms with Crippen molar-refractivity contribution in [3.63, 3.8) is 0 Å². The zero-order chi connectivity index (χ0) is 19.3. The number of rotatable bonds is 4. The van der Waals surface area contributed by atoms with Gasteiger partial charge in [0, 0.05) is 26.8 Å². The first-order valence-electron chi connectivity index (χ1n) is 9.50. The van der Waals surface area contributed by atoms with Gasteiger partial charge in [0.1, 0.15) is 11.4 Å².